The van der Waals surface area contributed by atoms with Crippen LogP contribution in [-0.2, 0) is 14.3 Å². The van der Waals surface area contributed by atoms with Crippen LogP contribution in [0, 0.1) is 0 Å². The van der Waals surface area contributed by atoms with E-state index in [4.69, 9.17) is 0 Å². The van der Waals surface area contributed by atoms with Gasteiger partial charge < -0.3 is 10.1 Å². The first-order valence-corrected chi connectivity index (χ1v) is 6.71. The molecule has 0 atom stereocenters. The molecule has 0 saturated heterocycles. The Kier molecular flexibility index (Phi) is 5.10. The lowest BCUT2D eigenvalue weighted by atomic mass is 10.0. The number of rotatable bonds is 5. The lowest BCUT2D eigenvalue weighted by molar-refractivity contribution is -0.140. The molecule has 4 heteroatoms. The van der Waals surface area contributed by atoms with Gasteiger partial charge >= 0.3 is 5.97 Å². The number of fused-ring (bicyclic) bond motifs is 1. The molecule has 4 nitrogen and oxygen atoms in total. The second kappa shape index (κ2) is 7.24. The van der Waals surface area contributed by atoms with E-state index in [9.17, 15) is 9.59 Å². The summed E-state index contributed by atoms with van der Waals surface area (Å²) >= 11 is 0. The zero-order valence-electron chi connectivity index (χ0n) is 11.8. The van der Waals surface area contributed by atoms with E-state index in [0.717, 1.165) is 16.3 Å². The van der Waals surface area contributed by atoms with Crippen molar-refractivity contribution in [2.24, 2.45) is 0 Å². The molecule has 0 aromatic heterocycles. The molecule has 2 aromatic carbocycles. The van der Waals surface area contributed by atoms with Gasteiger partial charge in [-0.2, -0.15) is 0 Å². The molecule has 0 heterocycles. The quantitative estimate of drug-likeness (QED) is 0.677. The summed E-state index contributed by atoms with van der Waals surface area (Å²) in [7, 11) is 1.32. The van der Waals surface area contributed by atoms with Crippen LogP contribution >= 0.6 is 0 Å². The van der Waals surface area contributed by atoms with Crippen LogP contribution in [0.3, 0.4) is 0 Å². The lowest BCUT2D eigenvalue weighted by Gasteiger charge is -2.02. The standard InChI is InChI=1S/C17H17NO3/c1-21-17(20)11-12-18-16(19)10-9-14-7-4-6-13-5-2-3-8-15(13)14/h2-10H,11-12H2,1H3,(H,18,19)/b10-9+. The van der Waals surface area contributed by atoms with Crippen molar-refractivity contribution >= 4 is 28.7 Å². The molecule has 0 radical (unpaired) electrons. The minimum absolute atomic E-state index is 0.171. The Balaban J connectivity index is 1.99. The van der Waals surface area contributed by atoms with Crippen molar-refractivity contribution in [2.45, 2.75) is 6.42 Å². The Labute approximate surface area is 123 Å². The lowest BCUT2D eigenvalue weighted by Crippen LogP contribution is -2.24. The first-order chi connectivity index (χ1) is 10.2. The molecule has 2 rings (SSSR count). The monoisotopic (exact) mass is 283 g/mol. The highest BCUT2D eigenvalue weighted by molar-refractivity contribution is 5.96. The Morgan fingerprint density at radius 3 is 2.71 bits per heavy atom. The molecule has 0 saturated carbocycles. The minimum atomic E-state index is -0.340. The van der Waals surface area contributed by atoms with Crippen molar-refractivity contribution in [2.75, 3.05) is 13.7 Å². The van der Waals surface area contributed by atoms with Crippen LogP contribution in [0.1, 0.15) is 12.0 Å². The zero-order valence-corrected chi connectivity index (χ0v) is 11.8. The number of ether oxygens (including phenoxy) is 1. The van der Waals surface area contributed by atoms with Gasteiger partial charge in [0.25, 0.3) is 0 Å². The van der Waals surface area contributed by atoms with E-state index in [-0.39, 0.29) is 24.8 Å². The smallest absolute Gasteiger partial charge is 0.307 e. The van der Waals surface area contributed by atoms with Crippen LogP contribution in [0.5, 0.6) is 0 Å². The predicted octanol–water partition coefficient (Wildman–Crippen LogP) is 2.53. The van der Waals surface area contributed by atoms with Gasteiger partial charge in [-0.25, -0.2) is 0 Å². The van der Waals surface area contributed by atoms with E-state index in [0.29, 0.717) is 0 Å². The number of carbonyl (C=O) groups excluding carboxylic acids is 2. The van der Waals surface area contributed by atoms with Gasteiger partial charge in [0.05, 0.1) is 13.5 Å². The zero-order chi connectivity index (χ0) is 15.1. The number of hydrogen-bond acceptors (Lipinski definition) is 3. The van der Waals surface area contributed by atoms with Gasteiger partial charge in [0.2, 0.25) is 5.91 Å². The summed E-state index contributed by atoms with van der Waals surface area (Å²) in [6.07, 6.45) is 3.42. The maximum Gasteiger partial charge on any atom is 0.307 e. The second-order valence-corrected chi connectivity index (χ2v) is 4.52. The third kappa shape index (κ3) is 4.18. The van der Waals surface area contributed by atoms with Crippen molar-refractivity contribution in [3.63, 3.8) is 0 Å². The average molecular weight is 283 g/mol. The molecular weight excluding hydrogens is 266 g/mol. The molecule has 0 fully saturated rings. The van der Waals surface area contributed by atoms with E-state index < -0.39 is 0 Å². The minimum Gasteiger partial charge on any atom is -0.469 e. The van der Waals surface area contributed by atoms with Crippen molar-refractivity contribution in [1.82, 2.24) is 5.32 Å². The molecule has 0 spiro atoms. The van der Waals surface area contributed by atoms with Gasteiger partial charge in [0.1, 0.15) is 0 Å². The normalized spacial score (nSPS) is 10.7. The largest absolute Gasteiger partial charge is 0.469 e. The highest BCUT2D eigenvalue weighted by atomic mass is 16.5. The predicted molar refractivity (Wildman–Crippen MR) is 82.6 cm³/mol. The summed E-state index contributed by atoms with van der Waals surface area (Å²) in [6, 6.07) is 13.9. The molecule has 108 valence electrons. The summed E-state index contributed by atoms with van der Waals surface area (Å²) in [6.45, 7) is 0.269. The van der Waals surface area contributed by atoms with Gasteiger partial charge in [-0.1, -0.05) is 42.5 Å². The van der Waals surface area contributed by atoms with E-state index in [1.807, 2.05) is 42.5 Å². The number of methoxy groups -OCH3 is 1. The van der Waals surface area contributed by atoms with E-state index in [1.165, 1.54) is 13.2 Å². The number of nitrogens with one attached hydrogen (secondary N) is 1. The van der Waals surface area contributed by atoms with Gasteiger partial charge in [-0.15, -0.1) is 0 Å². The van der Waals surface area contributed by atoms with Crippen LogP contribution in [0.2, 0.25) is 0 Å². The van der Waals surface area contributed by atoms with Crippen molar-refractivity contribution < 1.29 is 14.3 Å². The van der Waals surface area contributed by atoms with Crippen LogP contribution in [-0.4, -0.2) is 25.5 Å². The van der Waals surface area contributed by atoms with Crippen LogP contribution < -0.4 is 5.32 Å². The fourth-order valence-corrected chi connectivity index (χ4v) is 2.01. The number of hydrogen-bond donors (Lipinski definition) is 1. The summed E-state index contributed by atoms with van der Waals surface area (Å²) in [5.41, 5.74) is 0.983. The molecular formula is C17H17NO3. The number of esters is 1. The molecule has 0 bridgehead atoms. The van der Waals surface area contributed by atoms with Crippen molar-refractivity contribution in [3.05, 3.63) is 54.1 Å². The molecule has 1 N–H and O–H groups in total. The molecule has 2 aromatic rings. The third-order valence-corrected chi connectivity index (χ3v) is 3.09. The molecule has 0 aliphatic rings. The fraction of sp³-hybridized carbons (Fsp3) is 0.176. The summed E-state index contributed by atoms with van der Waals surface area (Å²) in [5.74, 6) is -0.569. The van der Waals surface area contributed by atoms with Crippen LogP contribution in [0.25, 0.3) is 16.8 Å². The van der Waals surface area contributed by atoms with Crippen LogP contribution in [0.15, 0.2) is 48.5 Å². The summed E-state index contributed by atoms with van der Waals surface area (Å²) < 4.78 is 4.50. The first kappa shape index (κ1) is 14.8. The van der Waals surface area contributed by atoms with E-state index in [2.05, 4.69) is 10.1 Å². The topological polar surface area (TPSA) is 55.4 Å². The average Bonchev–Trinajstić information content (AvgIpc) is 2.52. The molecule has 0 aliphatic carbocycles. The second-order valence-electron chi connectivity index (χ2n) is 4.52. The highest BCUT2D eigenvalue weighted by Crippen LogP contribution is 2.19. The SMILES string of the molecule is COC(=O)CCNC(=O)/C=C/c1cccc2ccccc12. The molecule has 0 unspecified atom stereocenters. The number of carbonyl (C=O) groups is 2. The first-order valence-electron chi connectivity index (χ1n) is 6.71. The van der Waals surface area contributed by atoms with Gasteiger partial charge in [0, 0.05) is 12.6 Å². The Bertz CT molecular complexity index is 671. The number of benzene rings is 2. The Hall–Kier alpha value is -2.62. The summed E-state index contributed by atoms with van der Waals surface area (Å²) in [4.78, 5) is 22.6. The van der Waals surface area contributed by atoms with Gasteiger partial charge in [-0.05, 0) is 22.4 Å². The van der Waals surface area contributed by atoms with E-state index in [1.54, 1.807) is 6.08 Å². The van der Waals surface area contributed by atoms with Gasteiger partial charge in [0.15, 0.2) is 0 Å². The van der Waals surface area contributed by atoms with Crippen molar-refractivity contribution in [3.8, 4) is 0 Å². The molecule has 0 aliphatic heterocycles. The highest BCUT2D eigenvalue weighted by Gasteiger charge is 2.01. The fourth-order valence-electron chi connectivity index (χ4n) is 2.01. The maximum atomic E-state index is 11.7. The molecule has 1 amide bonds. The molecule has 21 heavy (non-hydrogen) atoms. The third-order valence-electron chi connectivity index (χ3n) is 3.09. The maximum absolute atomic E-state index is 11.7. The van der Waals surface area contributed by atoms with Crippen molar-refractivity contribution in [1.29, 1.82) is 0 Å². The van der Waals surface area contributed by atoms with Crippen LogP contribution in [0.4, 0.5) is 0 Å². The Morgan fingerprint density at radius 2 is 1.90 bits per heavy atom. The Morgan fingerprint density at radius 1 is 1.14 bits per heavy atom. The van der Waals surface area contributed by atoms with Gasteiger partial charge in [-0.3, -0.25) is 9.59 Å². The summed E-state index contributed by atoms with van der Waals surface area (Å²) in [5, 5.41) is 4.87. The van der Waals surface area contributed by atoms with E-state index >= 15 is 0 Å². The number of amides is 1.